The van der Waals surface area contributed by atoms with E-state index in [-0.39, 0.29) is 118 Å². The molecule has 6 aromatic heterocycles. The molecule has 616 valence electrons. The lowest BCUT2D eigenvalue weighted by atomic mass is 9.71. The smallest absolute Gasteiger partial charge is 0.309 e. The van der Waals surface area contributed by atoms with E-state index in [4.69, 9.17) is 33.9 Å². The fourth-order valence-corrected chi connectivity index (χ4v) is 18.4. The first kappa shape index (κ1) is 83.7. The molecule has 3 saturated carbocycles. The molecule has 3 saturated heterocycles. The Morgan fingerprint density at radius 2 is 0.784 bits per heavy atom. The molecule has 3 N–H and O–H groups in total. The highest BCUT2D eigenvalue weighted by Gasteiger charge is 2.58. The van der Waals surface area contributed by atoms with Gasteiger partial charge in [0.2, 0.25) is 27.7 Å². The molecule has 0 unspecified atom stereocenters. The van der Waals surface area contributed by atoms with Crippen molar-refractivity contribution >= 4 is 84.7 Å². The summed E-state index contributed by atoms with van der Waals surface area (Å²) in [5, 5.41) is 9.26. The number of rotatable bonds is 12. The van der Waals surface area contributed by atoms with Crippen molar-refractivity contribution in [3.8, 4) is 33.8 Å². The molecular weight excluding hydrogens is 1510 g/mol. The van der Waals surface area contributed by atoms with Crippen LogP contribution in [0.4, 0.5) is 13.2 Å². The van der Waals surface area contributed by atoms with Gasteiger partial charge in [0, 0.05) is 116 Å². The average molecular weight is 1610 g/mol. The van der Waals surface area contributed by atoms with E-state index < -0.39 is 49.3 Å². The van der Waals surface area contributed by atoms with Crippen LogP contribution in [-0.4, -0.2) is 179 Å². The van der Waals surface area contributed by atoms with Crippen LogP contribution >= 0.6 is 0 Å². The number of carbonyl (C=O) groups is 7. The van der Waals surface area contributed by atoms with Crippen molar-refractivity contribution in [2.45, 2.75) is 200 Å². The van der Waals surface area contributed by atoms with Crippen LogP contribution < -0.4 is 5.73 Å². The second-order valence-electron chi connectivity index (χ2n) is 37.4. The summed E-state index contributed by atoms with van der Waals surface area (Å²) in [5.41, 5.74) is 11.0. The summed E-state index contributed by atoms with van der Waals surface area (Å²) in [6, 6.07) is 29.2. The number of aromatic nitrogens is 3. The molecule has 6 fully saturated rings. The number of primary amides is 1. The van der Waals surface area contributed by atoms with Gasteiger partial charge in [-0.15, -0.1) is 0 Å². The summed E-state index contributed by atoms with van der Waals surface area (Å²) < 4.78 is 86.1. The predicted molar refractivity (Wildman–Crippen MR) is 435 cm³/mol. The van der Waals surface area contributed by atoms with E-state index in [1.54, 1.807) is 81.1 Å². The van der Waals surface area contributed by atoms with Crippen LogP contribution in [0.2, 0.25) is 0 Å². The van der Waals surface area contributed by atoms with E-state index in [0.717, 1.165) is 33.4 Å². The van der Waals surface area contributed by atoms with Gasteiger partial charge in [-0.05, 0) is 207 Å². The largest absolute Gasteiger partial charge is 0.481 e. The second kappa shape index (κ2) is 30.3. The maximum atomic E-state index is 13.9. The molecular formula is C89H105F3N10O13S. The number of hydrogen-bond donors (Lipinski definition) is 2. The maximum Gasteiger partial charge on any atom is 0.309 e. The number of carboxylic acids is 1. The van der Waals surface area contributed by atoms with Gasteiger partial charge >= 0.3 is 5.97 Å². The van der Waals surface area contributed by atoms with Crippen molar-refractivity contribution in [2.24, 2.45) is 22.5 Å². The van der Waals surface area contributed by atoms with E-state index in [9.17, 15) is 60.3 Å². The van der Waals surface area contributed by atoms with Gasteiger partial charge in [0.15, 0.2) is 34.0 Å². The fourth-order valence-electron chi connectivity index (χ4n) is 16.4. The SMILES string of the molecule is CC(C)(C)c1cc(-c2ccc(F)cc2)nc2cc(C(=O)N3CCN(C(=O)C4(C(N)=O)CC4)CC3(C)C)oc12.CC(C)(C)c1cc(-c2ccc(F)cc2)nc2cc(C(=O)N3CCN(S(=O)(=O)C4CC4)CC3(C)C)oc12.CC1(C(=O)O)CCC(C(=O)N2CCN(C(=O)c3cc4nc(-c5ccc(F)cc5)cc(C(C)(C)C)c4o3)C(C)(C)C2)CC1. The summed E-state index contributed by atoms with van der Waals surface area (Å²) in [7, 11) is -3.31. The van der Waals surface area contributed by atoms with Crippen LogP contribution in [0.15, 0.2) is 122 Å². The lowest BCUT2D eigenvalue weighted by molar-refractivity contribution is -0.153. The number of amides is 6. The monoisotopic (exact) mass is 1610 g/mol. The number of pyridine rings is 3. The number of aliphatic carboxylic acids is 1. The zero-order chi connectivity index (χ0) is 84.3. The van der Waals surface area contributed by atoms with Crippen molar-refractivity contribution in [3.63, 3.8) is 0 Å². The minimum absolute atomic E-state index is 0.0405. The van der Waals surface area contributed by atoms with Crippen LogP contribution in [0.5, 0.6) is 0 Å². The van der Waals surface area contributed by atoms with E-state index >= 15 is 0 Å². The lowest BCUT2D eigenvalue weighted by Gasteiger charge is -2.48. The number of benzene rings is 3. The summed E-state index contributed by atoms with van der Waals surface area (Å²) in [6.45, 7) is 34.6. The van der Waals surface area contributed by atoms with Gasteiger partial charge in [-0.25, -0.2) is 36.5 Å². The molecule has 15 rings (SSSR count). The third kappa shape index (κ3) is 16.7. The first-order valence-corrected chi connectivity index (χ1v) is 41.3. The van der Waals surface area contributed by atoms with E-state index in [2.05, 4.69) is 62.3 Å². The molecule has 9 aromatic rings. The number of hydrogen-bond acceptors (Lipinski definition) is 15. The Balaban J connectivity index is 0.000000152. The van der Waals surface area contributed by atoms with Crippen LogP contribution in [0.25, 0.3) is 67.1 Å². The van der Waals surface area contributed by atoms with Gasteiger partial charge in [0.1, 0.15) is 39.4 Å². The number of piperazine rings is 3. The highest BCUT2D eigenvalue weighted by molar-refractivity contribution is 7.90. The molecule has 6 amide bonds. The van der Waals surface area contributed by atoms with Crippen molar-refractivity contribution in [3.05, 3.63) is 161 Å². The Bertz CT molecular complexity index is 5480. The molecule has 0 atom stereocenters. The Labute approximate surface area is 674 Å². The van der Waals surface area contributed by atoms with Crippen molar-refractivity contribution in [1.82, 2.24) is 43.8 Å². The second-order valence-corrected chi connectivity index (χ2v) is 39.6. The zero-order valence-corrected chi connectivity index (χ0v) is 69.9. The van der Waals surface area contributed by atoms with E-state index in [0.29, 0.717) is 134 Å². The third-order valence-corrected chi connectivity index (χ3v) is 26.2. The first-order chi connectivity index (χ1) is 54.1. The molecule has 116 heavy (non-hydrogen) atoms. The minimum Gasteiger partial charge on any atom is -0.481 e. The number of fused-ring (bicyclic) bond motifs is 3. The molecule has 3 aromatic carbocycles. The molecule has 3 aliphatic carbocycles. The predicted octanol–water partition coefficient (Wildman–Crippen LogP) is 15.5. The first-order valence-electron chi connectivity index (χ1n) is 39.8. The number of halogens is 3. The Morgan fingerprint density at radius 3 is 1.09 bits per heavy atom. The fraction of sp³-hybridized carbons (Fsp3) is 0.483. The third-order valence-electron chi connectivity index (χ3n) is 23.8. The van der Waals surface area contributed by atoms with Crippen LogP contribution in [0, 0.1) is 34.2 Å². The van der Waals surface area contributed by atoms with Gasteiger partial charge in [-0.2, -0.15) is 4.31 Å². The Morgan fingerprint density at radius 1 is 0.457 bits per heavy atom. The van der Waals surface area contributed by atoms with Gasteiger partial charge in [0.25, 0.3) is 17.7 Å². The summed E-state index contributed by atoms with van der Waals surface area (Å²) in [4.78, 5) is 114. The van der Waals surface area contributed by atoms with Gasteiger partial charge in [0.05, 0.1) is 44.4 Å². The molecule has 6 aliphatic rings. The highest BCUT2D eigenvalue weighted by atomic mass is 32.2. The van der Waals surface area contributed by atoms with E-state index in [1.807, 2.05) is 64.6 Å². The highest BCUT2D eigenvalue weighted by Crippen LogP contribution is 2.49. The van der Waals surface area contributed by atoms with Crippen molar-refractivity contribution < 1.29 is 73.5 Å². The van der Waals surface area contributed by atoms with Gasteiger partial charge < -0.3 is 48.6 Å². The summed E-state index contributed by atoms with van der Waals surface area (Å²) >= 11 is 0. The van der Waals surface area contributed by atoms with Crippen LogP contribution in [-0.2, 0) is 45.4 Å². The van der Waals surface area contributed by atoms with Crippen LogP contribution in [0.3, 0.4) is 0 Å². The molecule has 0 spiro atoms. The summed E-state index contributed by atoms with van der Waals surface area (Å²) in [6.07, 6.45) is 4.46. The standard InChI is InChI=1S/C33H40FN3O5.C29H33FN4O4.C27H32FN3O4S/c1-31(2,3)23-17-24(20-7-9-22(34)10-8-20)35-25-18-26(42-27(23)25)29(39)37-16-15-36(19-32(37,4)5)28(38)21-11-13-33(6,14-12-21)30(40)41;1-27(2,3)19-14-20(17-6-8-18(30)9-7-17)32-21-15-22(38-23(19)21)24(35)34-13-12-33(16-28(34,4)5)26(37)29(10-11-29)25(31)36;1-26(2,3)20-14-21(17-6-8-18(28)9-7-17)29-22-15-23(35-24(20)22)25(32)31-13-12-30(16-27(31,4)5)36(33,34)19-10-11-19/h7-10,17-18,21H,11-16,19H2,1-6H3,(H,40,41);6-9,14-15H,10-13,16H2,1-5H3,(H2,31,36);6-9,14-15,19H,10-13,16H2,1-5H3. The molecule has 0 bridgehead atoms. The summed E-state index contributed by atoms with van der Waals surface area (Å²) in [5.74, 6) is -3.07. The number of sulfonamides is 1. The molecule has 9 heterocycles. The number of carbonyl (C=O) groups excluding carboxylic acids is 6. The van der Waals surface area contributed by atoms with Gasteiger partial charge in [-0.1, -0.05) is 62.3 Å². The molecule has 0 radical (unpaired) electrons. The molecule has 27 heteroatoms. The van der Waals surface area contributed by atoms with Crippen LogP contribution in [0.1, 0.15) is 211 Å². The molecule has 23 nitrogen and oxygen atoms in total. The Hall–Kier alpha value is -10.3. The van der Waals surface area contributed by atoms with Gasteiger partial charge in [-0.3, -0.25) is 33.6 Å². The average Bonchev–Trinajstić information content (AvgIpc) is 1.62. The Kier molecular flexibility index (Phi) is 21.9. The molecule has 3 aliphatic heterocycles. The number of nitrogens with zero attached hydrogens (tertiary/aromatic N) is 9. The van der Waals surface area contributed by atoms with E-state index in [1.165, 1.54) is 40.7 Å². The maximum absolute atomic E-state index is 13.9. The lowest BCUT2D eigenvalue weighted by Crippen LogP contribution is -2.63. The van der Waals surface area contributed by atoms with Crippen molar-refractivity contribution in [2.75, 3.05) is 58.9 Å². The minimum atomic E-state index is -3.31. The number of nitrogens with two attached hydrogens (primary N) is 1. The quantitative estimate of drug-likeness (QED) is 0.107. The number of carboxylic acid groups (broad SMARTS) is 1. The zero-order valence-electron chi connectivity index (χ0n) is 69.1. The number of furan rings is 3. The van der Waals surface area contributed by atoms with Crippen molar-refractivity contribution in [1.29, 1.82) is 0 Å². The topological polar surface area (TPSA) is 297 Å². The normalized spacial score (nSPS) is 20.2.